The number of carbonyl (C=O) groups excluding carboxylic acids is 1. The first-order chi connectivity index (χ1) is 10.7. The van der Waals surface area contributed by atoms with Gasteiger partial charge < -0.3 is 5.32 Å². The van der Waals surface area contributed by atoms with Crippen LogP contribution in [0, 0.1) is 18.8 Å². The van der Waals surface area contributed by atoms with Gasteiger partial charge in [-0.05, 0) is 43.7 Å². The predicted octanol–water partition coefficient (Wildman–Crippen LogP) is 2.21. The summed E-state index contributed by atoms with van der Waals surface area (Å²) in [7, 11) is -3.71. The Balaban J connectivity index is 2.12. The molecule has 6 heteroatoms. The minimum absolute atomic E-state index is 0.182. The maximum absolute atomic E-state index is 12.5. The molecule has 1 aliphatic carbocycles. The van der Waals surface area contributed by atoms with Crippen molar-refractivity contribution in [3.8, 4) is 0 Å². The van der Waals surface area contributed by atoms with Crippen molar-refractivity contribution in [2.24, 2.45) is 11.8 Å². The molecule has 2 N–H and O–H groups in total. The van der Waals surface area contributed by atoms with Gasteiger partial charge in [0.1, 0.15) is 6.04 Å². The van der Waals surface area contributed by atoms with Gasteiger partial charge in [0.05, 0.1) is 4.90 Å². The van der Waals surface area contributed by atoms with Crippen LogP contribution in [0.5, 0.6) is 0 Å². The average molecular weight is 338 g/mol. The number of hydrogen-bond donors (Lipinski definition) is 2. The van der Waals surface area contributed by atoms with Gasteiger partial charge in [-0.3, -0.25) is 4.79 Å². The lowest BCUT2D eigenvalue weighted by atomic mass is 10.0. The highest BCUT2D eigenvalue weighted by Crippen LogP contribution is 2.29. The van der Waals surface area contributed by atoms with Gasteiger partial charge in [0.25, 0.3) is 0 Å². The van der Waals surface area contributed by atoms with Crippen LogP contribution in [0.15, 0.2) is 29.2 Å². The zero-order chi connectivity index (χ0) is 17.2. The fourth-order valence-corrected chi connectivity index (χ4v) is 3.67. The van der Waals surface area contributed by atoms with E-state index in [1.165, 1.54) is 0 Å². The normalized spacial score (nSPS) is 22.0. The van der Waals surface area contributed by atoms with Crippen LogP contribution in [0.4, 0.5) is 0 Å². The predicted molar refractivity (Wildman–Crippen MR) is 90.5 cm³/mol. The number of benzene rings is 1. The van der Waals surface area contributed by atoms with Crippen molar-refractivity contribution < 1.29 is 13.2 Å². The smallest absolute Gasteiger partial charge is 0.241 e. The lowest BCUT2D eigenvalue weighted by molar-refractivity contribution is -0.123. The molecule has 0 aromatic heterocycles. The Morgan fingerprint density at radius 1 is 1.26 bits per heavy atom. The number of nitrogens with one attached hydrogen (secondary N) is 2. The van der Waals surface area contributed by atoms with Crippen LogP contribution in [0.2, 0.25) is 0 Å². The lowest BCUT2D eigenvalue weighted by Crippen LogP contribution is -2.48. The first kappa shape index (κ1) is 17.9. The van der Waals surface area contributed by atoms with Crippen molar-refractivity contribution in [2.45, 2.75) is 57.5 Å². The monoisotopic (exact) mass is 338 g/mol. The molecule has 5 nitrogen and oxygen atoms in total. The largest absolute Gasteiger partial charge is 0.352 e. The second-order valence-corrected chi connectivity index (χ2v) is 8.66. The van der Waals surface area contributed by atoms with E-state index >= 15 is 0 Å². The molecule has 0 spiro atoms. The highest BCUT2D eigenvalue weighted by molar-refractivity contribution is 7.89. The van der Waals surface area contributed by atoms with Crippen molar-refractivity contribution in [1.29, 1.82) is 0 Å². The van der Waals surface area contributed by atoms with Crippen LogP contribution in [-0.4, -0.2) is 26.4 Å². The molecule has 1 saturated carbocycles. The molecule has 128 valence electrons. The van der Waals surface area contributed by atoms with Crippen molar-refractivity contribution in [1.82, 2.24) is 10.0 Å². The Morgan fingerprint density at radius 3 is 2.30 bits per heavy atom. The quantitative estimate of drug-likeness (QED) is 0.800. The number of aryl methyl sites for hydroxylation is 1. The van der Waals surface area contributed by atoms with Gasteiger partial charge in [-0.1, -0.05) is 38.5 Å². The molecule has 0 bridgehead atoms. The SMILES string of the molecule is Cc1ccc(S(=O)(=O)NC(CC(C)C)C(=O)NC2CC2C)cc1. The fourth-order valence-electron chi connectivity index (χ4n) is 2.46. The molecule has 1 fully saturated rings. The topological polar surface area (TPSA) is 75.3 Å². The molecule has 1 amide bonds. The van der Waals surface area contributed by atoms with E-state index in [0.717, 1.165) is 12.0 Å². The molecule has 1 aromatic rings. The molecule has 0 heterocycles. The van der Waals surface area contributed by atoms with Crippen molar-refractivity contribution in [3.63, 3.8) is 0 Å². The number of amides is 1. The van der Waals surface area contributed by atoms with E-state index < -0.39 is 16.1 Å². The summed E-state index contributed by atoms with van der Waals surface area (Å²) in [5.74, 6) is 0.458. The van der Waals surface area contributed by atoms with E-state index in [9.17, 15) is 13.2 Å². The number of carbonyl (C=O) groups is 1. The molecule has 0 radical (unpaired) electrons. The van der Waals surface area contributed by atoms with Crippen LogP contribution < -0.4 is 10.0 Å². The van der Waals surface area contributed by atoms with E-state index in [-0.39, 0.29) is 22.8 Å². The molecular weight excluding hydrogens is 312 g/mol. The molecule has 1 aliphatic rings. The van der Waals surface area contributed by atoms with E-state index in [1.54, 1.807) is 24.3 Å². The summed E-state index contributed by atoms with van der Waals surface area (Å²) in [6.07, 6.45) is 1.43. The van der Waals surface area contributed by atoms with Gasteiger partial charge in [0.2, 0.25) is 15.9 Å². The zero-order valence-corrected chi connectivity index (χ0v) is 15.0. The molecule has 23 heavy (non-hydrogen) atoms. The van der Waals surface area contributed by atoms with Crippen LogP contribution >= 0.6 is 0 Å². The number of sulfonamides is 1. The Hall–Kier alpha value is -1.40. The molecule has 0 saturated heterocycles. The van der Waals surface area contributed by atoms with Crippen LogP contribution in [0.25, 0.3) is 0 Å². The Bertz CT molecular complexity index is 653. The van der Waals surface area contributed by atoms with Gasteiger partial charge >= 0.3 is 0 Å². The Morgan fingerprint density at radius 2 is 1.83 bits per heavy atom. The summed E-state index contributed by atoms with van der Waals surface area (Å²) in [6, 6.07) is 6.06. The van der Waals surface area contributed by atoms with Gasteiger partial charge in [0, 0.05) is 6.04 Å². The summed E-state index contributed by atoms with van der Waals surface area (Å²) in [5, 5.41) is 2.93. The van der Waals surface area contributed by atoms with Crippen molar-refractivity contribution in [3.05, 3.63) is 29.8 Å². The van der Waals surface area contributed by atoms with Crippen molar-refractivity contribution in [2.75, 3.05) is 0 Å². The molecule has 3 atom stereocenters. The van der Waals surface area contributed by atoms with E-state index in [4.69, 9.17) is 0 Å². The summed E-state index contributed by atoms with van der Waals surface area (Å²) in [6.45, 7) is 7.91. The first-order valence-corrected chi connectivity index (χ1v) is 9.56. The van der Waals surface area contributed by atoms with Crippen LogP contribution in [0.1, 0.15) is 39.2 Å². The van der Waals surface area contributed by atoms with Crippen molar-refractivity contribution >= 4 is 15.9 Å². The summed E-state index contributed by atoms with van der Waals surface area (Å²) in [5.41, 5.74) is 0.989. The second kappa shape index (κ2) is 7.01. The minimum Gasteiger partial charge on any atom is -0.352 e. The van der Waals surface area contributed by atoms with Gasteiger partial charge in [-0.2, -0.15) is 4.72 Å². The highest BCUT2D eigenvalue weighted by atomic mass is 32.2. The molecule has 0 aliphatic heterocycles. The van der Waals surface area contributed by atoms with Crippen LogP contribution in [-0.2, 0) is 14.8 Å². The molecule has 2 rings (SSSR count). The number of rotatable bonds is 7. The Kier molecular flexibility index (Phi) is 5.47. The molecular formula is C17H26N2O3S. The third-order valence-electron chi connectivity index (χ3n) is 4.09. The minimum atomic E-state index is -3.71. The zero-order valence-electron chi connectivity index (χ0n) is 14.2. The highest BCUT2D eigenvalue weighted by Gasteiger charge is 2.36. The Labute approximate surface area is 138 Å². The third kappa shape index (κ3) is 5.04. The van der Waals surface area contributed by atoms with Crippen LogP contribution in [0.3, 0.4) is 0 Å². The second-order valence-electron chi connectivity index (χ2n) is 6.94. The van der Waals surface area contributed by atoms with Gasteiger partial charge in [-0.25, -0.2) is 8.42 Å². The van der Waals surface area contributed by atoms with E-state index in [1.807, 2.05) is 20.8 Å². The maximum Gasteiger partial charge on any atom is 0.241 e. The van der Waals surface area contributed by atoms with Gasteiger partial charge in [-0.15, -0.1) is 0 Å². The van der Waals surface area contributed by atoms with E-state index in [2.05, 4.69) is 17.0 Å². The van der Waals surface area contributed by atoms with E-state index in [0.29, 0.717) is 12.3 Å². The third-order valence-corrected chi connectivity index (χ3v) is 5.58. The molecule has 1 aromatic carbocycles. The summed E-state index contributed by atoms with van der Waals surface area (Å²) < 4.78 is 27.6. The lowest BCUT2D eigenvalue weighted by Gasteiger charge is -2.20. The maximum atomic E-state index is 12.5. The summed E-state index contributed by atoms with van der Waals surface area (Å²) >= 11 is 0. The average Bonchev–Trinajstić information content (AvgIpc) is 3.13. The van der Waals surface area contributed by atoms with Gasteiger partial charge in [0.15, 0.2) is 0 Å². The summed E-state index contributed by atoms with van der Waals surface area (Å²) in [4.78, 5) is 12.6. The fraction of sp³-hybridized carbons (Fsp3) is 0.588. The molecule has 3 unspecified atom stereocenters. The standard InChI is InChI=1S/C17H26N2O3S/c1-11(2)9-16(17(20)18-15-10-13(15)4)19-23(21,22)14-7-5-12(3)6-8-14/h5-8,11,13,15-16,19H,9-10H2,1-4H3,(H,18,20). The number of hydrogen-bond acceptors (Lipinski definition) is 3. The first-order valence-electron chi connectivity index (χ1n) is 8.08.